The molecule has 3 N–H and O–H groups in total. The molecule has 0 bridgehead atoms. The van der Waals surface area contributed by atoms with Crippen molar-refractivity contribution < 1.29 is 9.18 Å². The molecule has 0 atom stereocenters. The zero-order chi connectivity index (χ0) is 13.3. The summed E-state index contributed by atoms with van der Waals surface area (Å²) >= 11 is 0. The molecule has 0 saturated heterocycles. The largest absolute Gasteiger partial charge is 0.382 e. The maximum absolute atomic E-state index is 13.6. The third-order valence-electron chi connectivity index (χ3n) is 2.50. The van der Waals surface area contributed by atoms with Crippen LogP contribution in [0.2, 0.25) is 0 Å². The number of nitrogens with two attached hydrogens (primary N) is 1. The molecule has 5 nitrogen and oxygen atoms in total. The van der Waals surface area contributed by atoms with Crippen molar-refractivity contribution in [1.29, 1.82) is 0 Å². The van der Waals surface area contributed by atoms with Crippen LogP contribution in [0.5, 0.6) is 0 Å². The van der Waals surface area contributed by atoms with Crippen LogP contribution in [0.15, 0.2) is 24.3 Å². The third-order valence-corrected chi connectivity index (χ3v) is 2.50. The Morgan fingerprint density at radius 2 is 2.17 bits per heavy atom. The van der Waals surface area contributed by atoms with E-state index in [1.165, 1.54) is 22.9 Å². The molecule has 1 heterocycles. The molecule has 1 aromatic carbocycles. The van der Waals surface area contributed by atoms with Gasteiger partial charge in [0.2, 0.25) is 0 Å². The molecule has 0 spiro atoms. The van der Waals surface area contributed by atoms with Gasteiger partial charge in [-0.1, -0.05) is 6.07 Å². The second-order valence-corrected chi connectivity index (χ2v) is 4.02. The number of nitrogens with one attached hydrogen (secondary N) is 1. The maximum Gasteiger partial charge on any atom is 0.274 e. The highest BCUT2D eigenvalue weighted by atomic mass is 19.1. The minimum atomic E-state index is -0.474. The Balaban J connectivity index is 2.24. The van der Waals surface area contributed by atoms with Gasteiger partial charge in [0.1, 0.15) is 17.3 Å². The van der Waals surface area contributed by atoms with Crippen molar-refractivity contribution in [3.8, 4) is 0 Å². The minimum absolute atomic E-state index is 0.130. The predicted molar refractivity (Wildman–Crippen MR) is 66.7 cm³/mol. The number of hydrogen-bond donors (Lipinski definition) is 2. The molecule has 0 unspecified atom stereocenters. The predicted octanol–water partition coefficient (Wildman–Crippen LogP) is 1.70. The Hall–Kier alpha value is -2.37. The smallest absolute Gasteiger partial charge is 0.274 e. The Morgan fingerprint density at radius 3 is 2.72 bits per heavy atom. The number of rotatable bonds is 2. The van der Waals surface area contributed by atoms with Gasteiger partial charge in [0.05, 0.1) is 5.69 Å². The Morgan fingerprint density at radius 1 is 1.44 bits per heavy atom. The van der Waals surface area contributed by atoms with Crippen molar-refractivity contribution in [1.82, 2.24) is 9.78 Å². The van der Waals surface area contributed by atoms with Crippen molar-refractivity contribution >= 4 is 17.4 Å². The van der Waals surface area contributed by atoms with Crippen molar-refractivity contribution in [2.45, 2.75) is 6.92 Å². The molecular weight excluding hydrogens is 235 g/mol. The van der Waals surface area contributed by atoms with Crippen LogP contribution in [0, 0.1) is 12.7 Å². The number of benzene rings is 1. The molecule has 0 aliphatic rings. The van der Waals surface area contributed by atoms with Gasteiger partial charge >= 0.3 is 0 Å². The van der Waals surface area contributed by atoms with Gasteiger partial charge in [0.15, 0.2) is 0 Å². The van der Waals surface area contributed by atoms with Gasteiger partial charge in [-0.05, 0) is 24.6 Å². The molecule has 0 saturated carbocycles. The number of carbonyl (C=O) groups is 1. The molecule has 0 radical (unpaired) electrons. The topological polar surface area (TPSA) is 72.9 Å². The number of hydrogen-bond acceptors (Lipinski definition) is 3. The second-order valence-electron chi connectivity index (χ2n) is 4.02. The van der Waals surface area contributed by atoms with E-state index in [1.807, 2.05) is 0 Å². The van der Waals surface area contributed by atoms with Crippen molar-refractivity contribution in [2.75, 3.05) is 11.1 Å². The van der Waals surface area contributed by atoms with E-state index in [1.54, 1.807) is 20.0 Å². The van der Waals surface area contributed by atoms with E-state index in [0.29, 0.717) is 0 Å². The summed E-state index contributed by atoms with van der Waals surface area (Å²) in [5.41, 5.74) is 6.66. The van der Waals surface area contributed by atoms with Crippen LogP contribution in [-0.4, -0.2) is 15.7 Å². The number of nitrogen functional groups attached to an aromatic ring is 1. The maximum atomic E-state index is 13.6. The Kier molecular flexibility index (Phi) is 3.01. The monoisotopic (exact) mass is 248 g/mol. The molecule has 94 valence electrons. The van der Waals surface area contributed by atoms with E-state index in [4.69, 9.17) is 5.73 Å². The Labute approximate surface area is 103 Å². The summed E-state index contributed by atoms with van der Waals surface area (Å²) in [4.78, 5) is 11.9. The lowest BCUT2D eigenvalue weighted by molar-refractivity contribution is 0.101. The molecule has 0 aliphatic carbocycles. The first-order valence-corrected chi connectivity index (χ1v) is 5.34. The summed E-state index contributed by atoms with van der Waals surface area (Å²) in [6, 6.07) is 6.02. The average molecular weight is 248 g/mol. The van der Waals surface area contributed by atoms with Crippen LogP contribution < -0.4 is 11.1 Å². The number of carbonyl (C=O) groups excluding carboxylic acids is 1. The lowest BCUT2D eigenvalue weighted by Crippen LogP contribution is -2.16. The van der Waals surface area contributed by atoms with Crippen molar-refractivity contribution in [3.63, 3.8) is 0 Å². The molecule has 1 amide bonds. The molecule has 0 fully saturated rings. The van der Waals surface area contributed by atoms with Gasteiger partial charge in [0, 0.05) is 13.1 Å². The van der Waals surface area contributed by atoms with E-state index >= 15 is 0 Å². The van der Waals surface area contributed by atoms with E-state index in [2.05, 4.69) is 10.4 Å². The fraction of sp³-hybridized carbons (Fsp3) is 0.167. The van der Waals surface area contributed by atoms with Gasteiger partial charge < -0.3 is 11.1 Å². The number of amides is 1. The van der Waals surface area contributed by atoms with Gasteiger partial charge in [-0.2, -0.15) is 5.10 Å². The minimum Gasteiger partial charge on any atom is -0.382 e. The number of anilines is 2. The molecule has 1 aromatic heterocycles. The summed E-state index contributed by atoms with van der Waals surface area (Å²) in [5, 5.41) is 6.33. The quantitative estimate of drug-likeness (QED) is 0.849. The van der Waals surface area contributed by atoms with E-state index in [9.17, 15) is 9.18 Å². The first-order chi connectivity index (χ1) is 8.47. The van der Waals surface area contributed by atoms with Crippen LogP contribution in [-0.2, 0) is 7.05 Å². The SMILES string of the molecule is Cc1ccc(NC(=O)c2cc(N)nn2C)c(F)c1. The van der Waals surface area contributed by atoms with Crippen LogP contribution in [0.3, 0.4) is 0 Å². The Bertz CT molecular complexity index is 606. The summed E-state index contributed by atoms with van der Waals surface area (Å²) in [6.45, 7) is 1.77. The molecule has 0 aliphatic heterocycles. The highest BCUT2D eigenvalue weighted by Crippen LogP contribution is 2.16. The van der Waals surface area contributed by atoms with Crippen molar-refractivity contribution in [3.05, 3.63) is 41.3 Å². The van der Waals surface area contributed by atoms with Crippen LogP contribution >= 0.6 is 0 Å². The molecule has 2 aromatic rings. The number of nitrogens with zero attached hydrogens (tertiary/aromatic N) is 2. The summed E-state index contributed by atoms with van der Waals surface area (Å²) in [6.07, 6.45) is 0. The molecule has 18 heavy (non-hydrogen) atoms. The van der Waals surface area contributed by atoms with Gasteiger partial charge in [-0.15, -0.1) is 0 Å². The van der Waals surface area contributed by atoms with Crippen LogP contribution in [0.25, 0.3) is 0 Å². The second kappa shape index (κ2) is 4.48. The molecular formula is C12H13FN4O. The summed E-state index contributed by atoms with van der Waals surface area (Å²) < 4.78 is 14.9. The highest BCUT2D eigenvalue weighted by molar-refractivity contribution is 6.03. The van der Waals surface area contributed by atoms with Gasteiger partial charge in [-0.25, -0.2) is 4.39 Å². The van der Waals surface area contributed by atoms with Gasteiger partial charge in [0.25, 0.3) is 5.91 Å². The third kappa shape index (κ3) is 2.32. The standard InChI is InChI=1S/C12H13FN4O/c1-7-3-4-9(8(13)5-7)15-12(18)10-6-11(14)16-17(10)2/h3-6H,1-2H3,(H2,14,16)(H,15,18). The first kappa shape index (κ1) is 12.1. The van der Waals surface area contributed by atoms with E-state index < -0.39 is 11.7 Å². The molecule has 6 heteroatoms. The fourth-order valence-electron chi connectivity index (χ4n) is 1.61. The van der Waals surface area contributed by atoms with Crippen LogP contribution in [0.4, 0.5) is 15.9 Å². The lowest BCUT2D eigenvalue weighted by Gasteiger charge is -2.06. The summed E-state index contributed by atoms with van der Waals surface area (Å²) in [5.74, 6) is -0.685. The zero-order valence-corrected chi connectivity index (χ0v) is 10.1. The summed E-state index contributed by atoms with van der Waals surface area (Å²) in [7, 11) is 1.59. The normalized spacial score (nSPS) is 10.4. The average Bonchev–Trinajstić information content (AvgIpc) is 2.62. The van der Waals surface area contributed by atoms with Crippen molar-refractivity contribution in [2.24, 2.45) is 7.05 Å². The first-order valence-electron chi connectivity index (χ1n) is 5.34. The number of aryl methyl sites for hydroxylation is 2. The number of halogens is 1. The number of aromatic nitrogens is 2. The lowest BCUT2D eigenvalue weighted by atomic mass is 10.2. The van der Waals surface area contributed by atoms with Gasteiger partial charge in [-0.3, -0.25) is 9.48 Å². The molecule has 2 rings (SSSR count). The zero-order valence-electron chi connectivity index (χ0n) is 10.1. The van der Waals surface area contributed by atoms with E-state index in [0.717, 1.165) is 5.56 Å². The fourth-order valence-corrected chi connectivity index (χ4v) is 1.61. The van der Waals surface area contributed by atoms with Crippen LogP contribution in [0.1, 0.15) is 16.1 Å². The van der Waals surface area contributed by atoms with E-state index in [-0.39, 0.29) is 17.2 Å². The highest BCUT2D eigenvalue weighted by Gasteiger charge is 2.14.